The van der Waals surface area contributed by atoms with Crippen LogP contribution in [0.15, 0.2) is 24.3 Å². The fraction of sp³-hybridized carbons (Fsp3) is 0.471. The van der Waals surface area contributed by atoms with Crippen LogP contribution in [0.3, 0.4) is 0 Å². The lowest BCUT2D eigenvalue weighted by Crippen LogP contribution is -2.38. The van der Waals surface area contributed by atoms with Crippen molar-refractivity contribution in [2.75, 3.05) is 6.61 Å². The molecule has 2 aromatic rings. The summed E-state index contributed by atoms with van der Waals surface area (Å²) in [7, 11) is 0. The third-order valence-corrected chi connectivity index (χ3v) is 3.93. The number of carbonyl (C=O) groups excluding carboxylic acids is 1. The Hall–Kier alpha value is -2.28. The van der Waals surface area contributed by atoms with E-state index in [1.54, 1.807) is 25.1 Å². The summed E-state index contributed by atoms with van der Waals surface area (Å²) in [4.78, 5) is 16.6. The number of halogens is 1. The van der Waals surface area contributed by atoms with Crippen molar-refractivity contribution in [1.29, 1.82) is 0 Å². The van der Waals surface area contributed by atoms with Crippen LogP contribution in [0, 0.1) is 11.7 Å². The molecule has 0 bridgehead atoms. The average molecular weight is 334 g/mol. The minimum Gasteiger partial charge on any atom is -0.396 e. The Kier molecular flexibility index (Phi) is 6.03. The smallest absolute Gasteiger partial charge is 0.291 e. The zero-order chi connectivity index (χ0) is 17.7. The van der Waals surface area contributed by atoms with Crippen molar-refractivity contribution in [2.45, 2.75) is 39.7 Å². The van der Waals surface area contributed by atoms with Crippen molar-refractivity contribution in [3.8, 4) is 5.69 Å². The Labute approximate surface area is 140 Å². The first kappa shape index (κ1) is 18.1. The number of aliphatic hydroxyl groups excluding tert-OH is 1. The van der Waals surface area contributed by atoms with Crippen LogP contribution in [0.25, 0.3) is 5.69 Å². The minimum absolute atomic E-state index is 0.00121. The maximum absolute atomic E-state index is 14.1. The molecule has 0 saturated heterocycles. The first-order chi connectivity index (χ1) is 11.5. The molecule has 7 heteroatoms. The van der Waals surface area contributed by atoms with Gasteiger partial charge in [0.1, 0.15) is 17.3 Å². The Morgan fingerprint density at radius 1 is 1.38 bits per heavy atom. The molecule has 0 aliphatic rings. The van der Waals surface area contributed by atoms with E-state index in [0.29, 0.717) is 12.2 Å². The van der Waals surface area contributed by atoms with Gasteiger partial charge in [-0.05, 0) is 31.4 Å². The summed E-state index contributed by atoms with van der Waals surface area (Å²) in [6, 6.07) is 6.03. The molecule has 0 aliphatic carbocycles. The number of aromatic nitrogens is 3. The van der Waals surface area contributed by atoms with Crippen LogP contribution >= 0.6 is 0 Å². The summed E-state index contributed by atoms with van der Waals surface area (Å²) in [5.74, 6) is -0.406. The van der Waals surface area contributed by atoms with Gasteiger partial charge in [-0.2, -0.15) is 0 Å². The molecular weight excluding hydrogens is 311 g/mol. The number of benzene rings is 1. The van der Waals surface area contributed by atoms with Crippen LogP contribution in [0.1, 0.15) is 43.6 Å². The molecule has 2 unspecified atom stereocenters. The van der Waals surface area contributed by atoms with Gasteiger partial charge >= 0.3 is 0 Å². The van der Waals surface area contributed by atoms with Crippen LogP contribution in [-0.4, -0.2) is 38.4 Å². The zero-order valence-electron chi connectivity index (χ0n) is 14.2. The summed E-state index contributed by atoms with van der Waals surface area (Å²) in [5.41, 5.74) is 0.268. The number of para-hydroxylation sites is 1. The molecule has 24 heavy (non-hydrogen) atoms. The van der Waals surface area contributed by atoms with Gasteiger partial charge in [-0.1, -0.05) is 26.0 Å². The summed E-state index contributed by atoms with van der Waals surface area (Å²) in [6.45, 7) is 5.59. The first-order valence-corrected chi connectivity index (χ1v) is 8.10. The van der Waals surface area contributed by atoms with Gasteiger partial charge in [0.05, 0.1) is 0 Å². The molecule has 1 aromatic carbocycles. The van der Waals surface area contributed by atoms with Crippen LogP contribution in [-0.2, 0) is 6.42 Å². The SMILES string of the molecule is CCCc1nc(C(=O)NC(C)C(C)CO)nn1-c1ccccc1F. The number of aryl methyl sites for hydroxylation is 1. The Bertz CT molecular complexity index is 702. The molecule has 1 heterocycles. The molecule has 1 aromatic heterocycles. The van der Waals surface area contributed by atoms with Crippen molar-refractivity contribution in [3.05, 3.63) is 41.7 Å². The summed E-state index contributed by atoms with van der Waals surface area (Å²) < 4.78 is 15.4. The van der Waals surface area contributed by atoms with Crippen molar-refractivity contribution < 1.29 is 14.3 Å². The third kappa shape index (κ3) is 3.97. The molecule has 0 fully saturated rings. The van der Waals surface area contributed by atoms with Crippen LogP contribution in [0.5, 0.6) is 0 Å². The number of carbonyl (C=O) groups is 1. The molecule has 1 amide bonds. The molecule has 2 atom stereocenters. The molecule has 2 N–H and O–H groups in total. The van der Waals surface area contributed by atoms with E-state index in [1.165, 1.54) is 10.7 Å². The maximum Gasteiger partial charge on any atom is 0.291 e. The largest absolute Gasteiger partial charge is 0.396 e. The number of aliphatic hydroxyl groups is 1. The van der Waals surface area contributed by atoms with Gasteiger partial charge in [0, 0.05) is 19.1 Å². The third-order valence-electron chi connectivity index (χ3n) is 3.93. The van der Waals surface area contributed by atoms with Gasteiger partial charge in [0.25, 0.3) is 5.91 Å². The van der Waals surface area contributed by atoms with Crippen molar-refractivity contribution in [1.82, 2.24) is 20.1 Å². The second-order valence-corrected chi connectivity index (χ2v) is 5.89. The minimum atomic E-state index is -0.435. The highest BCUT2D eigenvalue weighted by Crippen LogP contribution is 2.15. The topological polar surface area (TPSA) is 80.0 Å². The number of hydrogen-bond donors (Lipinski definition) is 2. The lowest BCUT2D eigenvalue weighted by atomic mass is 10.1. The van der Waals surface area contributed by atoms with Gasteiger partial charge in [0.2, 0.25) is 5.82 Å². The highest BCUT2D eigenvalue weighted by molar-refractivity contribution is 5.90. The van der Waals surface area contributed by atoms with E-state index in [0.717, 1.165) is 6.42 Å². The number of nitrogens with zero attached hydrogens (tertiary/aromatic N) is 3. The molecule has 130 valence electrons. The Morgan fingerprint density at radius 2 is 2.08 bits per heavy atom. The van der Waals surface area contributed by atoms with Crippen molar-refractivity contribution in [3.63, 3.8) is 0 Å². The second-order valence-electron chi connectivity index (χ2n) is 5.89. The standard InChI is InChI=1S/C17H23FN4O2/c1-4-7-15-20-16(17(24)19-12(3)11(2)10-23)21-22(15)14-9-6-5-8-13(14)18/h5-6,8-9,11-12,23H,4,7,10H2,1-3H3,(H,19,24). The highest BCUT2D eigenvalue weighted by atomic mass is 19.1. The van der Waals surface area contributed by atoms with Crippen LogP contribution in [0.2, 0.25) is 0 Å². The van der Waals surface area contributed by atoms with Gasteiger partial charge in [0.15, 0.2) is 0 Å². The van der Waals surface area contributed by atoms with Gasteiger partial charge in [-0.25, -0.2) is 14.1 Å². The van der Waals surface area contributed by atoms with Gasteiger partial charge in [-0.15, -0.1) is 5.10 Å². The van der Waals surface area contributed by atoms with E-state index >= 15 is 0 Å². The van der Waals surface area contributed by atoms with Crippen LogP contribution < -0.4 is 5.32 Å². The quantitative estimate of drug-likeness (QED) is 0.813. The number of rotatable bonds is 7. The highest BCUT2D eigenvalue weighted by Gasteiger charge is 2.21. The lowest BCUT2D eigenvalue weighted by molar-refractivity contribution is 0.0905. The van der Waals surface area contributed by atoms with Crippen molar-refractivity contribution >= 4 is 5.91 Å². The first-order valence-electron chi connectivity index (χ1n) is 8.10. The van der Waals surface area contributed by atoms with E-state index in [-0.39, 0.29) is 30.1 Å². The number of amides is 1. The van der Waals surface area contributed by atoms with E-state index in [9.17, 15) is 9.18 Å². The predicted molar refractivity (Wildman–Crippen MR) is 88.5 cm³/mol. The normalized spacial score (nSPS) is 13.5. The molecule has 0 aliphatic heterocycles. The molecule has 0 radical (unpaired) electrons. The maximum atomic E-state index is 14.1. The molecule has 0 spiro atoms. The summed E-state index contributed by atoms with van der Waals surface area (Å²) in [6.07, 6.45) is 1.38. The average Bonchev–Trinajstić information content (AvgIpc) is 2.98. The fourth-order valence-electron chi connectivity index (χ4n) is 2.21. The molecule has 0 saturated carbocycles. The summed E-state index contributed by atoms with van der Waals surface area (Å²) >= 11 is 0. The van der Waals surface area contributed by atoms with E-state index < -0.39 is 11.7 Å². The van der Waals surface area contributed by atoms with E-state index in [4.69, 9.17) is 5.11 Å². The molecular formula is C17H23FN4O2. The van der Waals surface area contributed by atoms with Gasteiger partial charge < -0.3 is 10.4 Å². The number of nitrogens with one attached hydrogen (secondary N) is 1. The second kappa shape index (κ2) is 8.01. The fourth-order valence-corrected chi connectivity index (χ4v) is 2.21. The Morgan fingerprint density at radius 3 is 2.71 bits per heavy atom. The zero-order valence-corrected chi connectivity index (χ0v) is 14.2. The summed E-state index contributed by atoms with van der Waals surface area (Å²) in [5, 5.41) is 16.1. The Balaban J connectivity index is 2.31. The van der Waals surface area contributed by atoms with Crippen molar-refractivity contribution in [2.24, 2.45) is 5.92 Å². The lowest BCUT2D eigenvalue weighted by Gasteiger charge is -2.18. The molecule has 2 rings (SSSR count). The van der Waals surface area contributed by atoms with E-state index in [1.807, 2.05) is 13.8 Å². The molecule has 6 nitrogen and oxygen atoms in total. The monoisotopic (exact) mass is 334 g/mol. The predicted octanol–water partition coefficient (Wildman–Crippen LogP) is 2.11. The van der Waals surface area contributed by atoms with Gasteiger partial charge in [-0.3, -0.25) is 4.79 Å². The van der Waals surface area contributed by atoms with Crippen LogP contribution in [0.4, 0.5) is 4.39 Å². The number of hydrogen-bond acceptors (Lipinski definition) is 4. The van der Waals surface area contributed by atoms with E-state index in [2.05, 4.69) is 15.4 Å².